The van der Waals surface area contributed by atoms with Crippen LogP contribution in [-0.4, -0.2) is 35.0 Å². The summed E-state index contributed by atoms with van der Waals surface area (Å²) in [5, 5.41) is 10.6. The first-order valence-electron chi connectivity index (χ1n) is 6.66. The summed E-state index contributed by atoms with van der Waals surface area (Å²) >= 11 is 0. The highest BCUT2D eigenvalue weighted by molar-refractivity contribution is 5.91. The van der Waals surface area contributed by atoms with Gasteiger partial charge in [0, 0.05) is 32.0 Å². The Bertz CT molecular complexity index is 634. The highest BCUT2D eigenvalue weighted by Crippen LogP contribution is 2.21. The van der Waals surface area contributed by atoms with Crippen molar-refractivity contribution >= 4 is 17.3 Å². The van der Waals surface area contributed by atoms with Gasteiger partial charge in [0.05, 0.1) is 11.9 Å². The van der Waals surface area contributed by atoms with Crippen molar-refractivity contribution in [2.75, 3.05) is 24.3 Å². The first-order valence-corrected chi connectivity index (χ1v) is 6.66. The number of hydrogen-bond acceptors (Lipinski definition) is 5. The predicted octanol–water partition coefficient (Wildman–Crippen LogP) is 0.750. The average Bonchev–Trinajstić information content (AvgIpc) is 2.88. The van der Waals surface area contributed by atoms with E-state index in [4.69, 9.17) is 5.73 Å². The van der Waals surface area contributed by atoms with Crippen molar-refractivity contribution in [3.63, 3.8) is 0 Å². The van der Waals surface area contributed by atoms with E-state index < -0.39 is 0 Å². The monoisotopic (exact) mass is 288 g/mol. The molecule has 112 valence electrons. The zero-order chi connectivity index (χ0) is 15.4. The fraction of sp³-hybridized carbons (Fsp3) is 0.357. The summed E-state index contributed by atoms with van der Waals surface area (Å²) in [5.74, 6) is -0.149. The Morgan fingerprint density at radius 2 is 2.19 bits per heavy atom. The van der Waals surface area contributed by atoms with Gasteiger partial charge in [0.25, 0.3) is 0 Å². The van der Waals surface area contributed by atoms with Crippen LogP contribution in [0.25, 0.3) is 0 Å². The lowest BCUT2D eigenvalue weighted by molar-refractivity contribution is -0.116. The molecule has 0 aliphatic heterocycles. The maximum Gasteiger partial charge on any atom is 0.246 e. The number of carbonyl (C=O) groups excluding carboxylic acids is 1. The van der Waals surface area contributed by atoms with Gasteiger partial charge in [-0.15, -0.1) is 5.10 Å². The molecule has 0 atom stereocenters. The van der Waals surface area contributed by atoms with Gasteiger partial charge in [0.1, 0.15) is 6.54 Å². The number of carbonyl (C=O) groups is 1. The summed E-state index contributed by atoms with van der Waals surface area (Å²) in [5.41, 5.74) is 9.02. The molecule has 3 N–H and O–H groups in total. The number of rotatable bonds is 5. The van der Waals surface area contributed by atoms with Crippen LogP contribution in [0, 0.1) is 6.92 Å². The van der Waals surface area contributed by atoms with E-state index in [9.17, 15) is 4.79 Å². The minimum absolute atomic E-state index is 0.113. The molecule has 0 saturated heterocycles. The molecule has 0 saturated carbocycles. The SMILES string of the molecule is Cc1cc(N(C)C)ccc1NC(=O)Cn1cc(CN)nn1. The van der Waals surface area contributed by atoms with Crippen LogP contribution in [-0.2, 0) is 17.9 Å². The molecule has 0 unspecified atom stereocenters. The van der Waals surface area contributed by atoms with Crippen LogP contribution in [0.4, 0.5) is 11.4 Å². The first-order chi connectivity index (χ1) is 9.99. The lowest BCUT2D eigenvalue weighted by atomic mass is 10.1. The predicted molar refractivity (Wildman–Crippen MR) is 82.0 cm³/mol. The number of nitrogens with one attached hydrogen (secondary N) is 1. The molecule has 2 rings (SSSR count). The topological polar surface area (TPSA) is 89.1 Å². The normalized spacial score (nSPS) is 10.5. The summed E-state index contributed by atoms with van der Waals surface area (Å²) in [6.45, 7) is 2.39. The molecule has 1 heterocycles. The molecule has 7 heteroatoms. The van der Waals surface area contributed by atoms with Crippen LogP contribution < -0.4 is 16.0 Å². The van der Waals surface area contributed by atoms with Crippen LogP contribution in [0.1, 0.15) is 11.3 Å². The number of anilines is 2. The third kappa shape index (κ3) is 3.79. The summed E-state index contributed by atoms with van der Waals surface area (Å²) in [6.07, 6.45) is 1.67. The van der Waals surface area contributed by atoms with Crippen LogP contribution in [0.2, 0.25) is 0 Å². The molecule has 21 heavy (non-hydrogen) atoms. The van der Waals surface area contributed by atoms with Crippen molar-refractivity contribution < 1.29 is 4.79 Å². The molecule has 0 radical (unpaired) electrons. The number of hydrogen-bond donors (Lipinski definition) is 2. The number of aromatic nitrogens is 3. The highest BCUT2D eigenvalue weighted by atomic mass is 16.2. The Kier molecular flexibility index (Phi) is 4.54. The smallest absolute Gasteiger partial charge is 0.246 e. The highest BCUT2D eigenvalue weighted by Gasteiger charge is 2.08. The molecule has 1 aromatic carbocycles. The molecule has 1 aromatic heterocycles. The van der Waals surface area contributed by atoms with E-state index >= 15 is 0 Å². The summed E-state index contributed by atoms with van der Waals surface area (Å²) in [7, 11) is 3.96. The third-order valence-electron chi connectivity index (χ3n) is 3.10. The van der Waals surface area contributed by atoms with Gasteiger partial charge in [-0.1, -0.05) is 5.21 Å². The van der Waals surface area contributed by atoms with Gasteiger partial charge < -0.3 is 16.0 Å². The maximum atomic E-state index is 12.0. The second-order valence-corrected chi connectivity index (χ2v) is 5.05. The van der Waals surface area contributed by atoms with Crippen LogP contribution in [0.15, 0.2) is 24.4 Å². The van der Waals surface area contributed by atoms with E-state index in [1.807, 2.05) is 44.1 Å². The van der Waals surface area contributed by atoms with Crippen molar-refractivity contribution in [2.45, 2.75) is 20.0 Å². The van der Waals surface area contributed by atoms with Gasteiger partial charge in [-0.2, -0.15) is 0 Å². The van der Waals surface area contributed by atoms with Gasteiger partial charge >= 0.3 is 0 Å². The van der Waals surface area contributed by atoms with E-state index in [-0.39, 0.29) is 12.5 Å². The Morgan fingerprint density at radius 3 is 2.76 bits per heavy atom. The molecule has 0 fully saturated rings. The molecular formula is C14H20N6O. The number of nitrogens with zero attached hydrogens (tertiary/aromatic N) is 4. The second-order valence-electron chi connectivity index (χ2n) is 5.05. The van der Waals surface area contributed by atoms with Gasteiger partial charge in [0.15, 0.2) is 0 Å². The number of aryl methyl sites for hydroxylation is 1. The second kappa shape index (κ2) is 6.36. The van der Waals surface area contributed by atoms with E-state index in [2.05, 4.69) is 15.6 Å². The molecule has 0 spiro atoms. The molecule has 0 aliphatic rings. The summed E-state index contributed by atoms with van der Waals surface area (Å²) in [6, 6.07) is 5.89. The van der Waals surface area contributed by atoms with Crippen LogP contribution in [0.3, 0.4) is 0 Å². The first kappa shape index (κ1) is 15.0. The van der Waals surface area contributed by atoms with Gasteiger partial charge in [-0.3, -0.25) is 4.79 Å². The third-order valence-corrected chi connectivity index (χ3v) is 3.10. The minimum Gasteiger partial charge on any atom is -0.378 e. The van der Waals surface area contributed by atoms with E-state index in [1.165, 1.54) is 4.68 Å². The molecular weight excluding hydrogens is 268 g/mol. The van der Waals surface area contributed by atoms with E-state index in [0.717, 1.165) is 16.9 Å². The molecule has 2 aromatic rings. The Balaban J connectivity index is 2.02. The summed E-state index contributed by atoms with van der Waals surface area (Å²) in [4.78, 5) is 14.0. The van der Waals surface area contributed by atoms with Crippen molar-refractivity contribution in [1.82, 2.24) is 15.0 Å². The van der Waals surface area contributed by atoms with Crippen LogP contribution >= 0.6 is 0 Å². The lowest BCUT2D eigenvalue weighted by Gasteiger charge is -2.15. The molecule has 7 nitrogen and oxygen atoms in total. The van der Waals surface area contributed by atoms with Gasteiger partial charge in [-0.25, -0.2) is 4.68 Å². The zero-order valence-corrected chi connectivity index (χ0v) is 12.5. The van der Waals surface area contributed by atoms with Gasteiger partial charge in [-0.05, 0) is 30.7 Å². The maximum absolute atomic E-state index is 12.0. The molecule has 0 aliphatic carbocycles. The summed E-state index contributed by atoms with van der Waals surface area (Å²) < 4.78 is 1.47. The van der Waals surface area contributed by atoms with Crippen molar-refractivity contribution in [3.8, 4) is 0 Å². The Morgan fingerprint density at radius 1 is 1.43 bits per heavy atom. The van der Waals surface area contributed by atoms with Crippen LogP contribution in [0.5, 0.6) is 0 Å². The zero-order valence-electron chi connectivity index (χ0n) is 12.5. The van der Waals surface area contributed by atoms with E-state index in [1.54, 1.807) is 6.20 Å². The Hall–Kier alpha value is -2.41. The lowest BCUT2D eigenvalue weighted by Crippen LogP contribution is -2.20. The van der Waals surface area contributed by atoms with Gasteiger partial charge in [0.2, 0.25) is 5.91 Å². The number of nitrogens with two attached hydrogens (primary N) is 1. The minimum atomic E-state index is -0.149. The van der Waals surface area contributed by atoms with Crippen molar-refractivity contribution in [2.24, 2.45) is 5.73 Å². The fourth-order valence-corrected chi connectivity index (χ4v) is 1.91. The Labute approximate surface area is 123 Å². The van der Waals surface area contributed by atoms with Crippen molar-refractivity contribution in [1.29, 1.82) is 0 Å². The number of benzene rings is 1. The quantitative estimate of drug-likeness (QED) is 0.847. The van der Waals surface area contributed by atoms with Crippen molar-refractivity contribution in [3.05, 3.63) is 35.7 Å². The standard InChI is InChI=1S/C14H20N6O/c1-10-6-12(19(2)3)4-5-13(10)16-14(21)9-20-8-11(7-15)17-18-20/h4-6,8H,7,9,15H2,1-3H3,(H,16,21). The largest absolute Gasteiger partial charge is 0.378 e. The number of amides is 1. The molecule has 1 amide bonds. The van der Waals surface area contributed by atoms with E-state index in [0.29, 0.717) is 12.2 Å². The fourth-order valence-electron chi connectivity index (χ4n) is 1.91. The molecule has 0 bridgehead atoms. The average molecular weight is 288 g/mol.